The summed E-state index contributed by atoms with van der Waals surface area (Å²) in [7, 11) is 1.87. The Hall–Kier alpha value is -1.20. The fourth-order valence-electron chi connectivity index (χ4n) is 1.58. The highest BCUT2D eigenvalue weighted by atomic mass is 79.9. The van der Waals surface area contributed by atoms with Gasteiger partial charge in [-0.05, 0) is 27.6 Å². The normalized spacial score (nSPS) is 12.7. The molecule has 0 saturated carbocycles. The molecule has 0 fully saturated rings. The number of rotatable bonds is 3. The molecule has 4 nitrogen and oxygen atoms in total. The van der Waals surface area contributed by atoms with Gasteiger partial charge < -0.3 is 9.67 Å². The maximum atomic E-state index is 10.0. The zero-order chi connectivity index (χ0) is 11.5. The lowest BCUT2D eigenvalue weighted by atomic mass is 10.1. The summed E-state index contributed by atoms with van der Waals surface area (Å²) in [6, 6.07) is 1.94. The minimum absolute atomic E-state index is 0.511. The van der Waals surface area contributed by atoms with Gasteiger partial charge in [0.15, 0.2) is 0 Å². The number of aromatic nitrogens is 3. The molecule has 2 aromatic heterocycles. The molecule has 2 rings (SSSR count). The first kappa shape index (κ1) is 11.3. The summed E-state index contributed by atoms with van der Waals surface area (Å²) in [4.78, 5) is 8.17. The Bertz CT molecular complexity index is 484. The van der Waals surface area contributed by atoms with Gasteiger partial charge in [-0.1, -0.05) is 0 Å². The van der Waals surface area contributed by atoms with E-state index in [1.807, 2.05) is 23.9 Å². The Labute approximate surface area is 102 Å². The van der Waals surface area contributed by atoms with Gasteiger partial charge in [0, 0.05) is 42.7 Å². The maximum Gasteiger partial charge on any atom is 0.137 e. The van der Waals surface area contributed by atoms with Crippen LogP contribution in [-0.4, -0.2) is 19.6 Å². The second-order valence-corrected chi connectivity index (χ2v) is 4.54. The van der Waals surface area contributed by atoms with E-state index in [0.717, 1.165) is 10.0 Å². The Morgan fingerprint density at radius 3 is 2.94 bits per heavy atom. The molecule has 1 N–H and O–H groups in total. The highest BCUT2D eigenvalue weighted by molar-refractivity contribution is 9.10. The average molecular weight is 282 g/mol. The summed E-state index contributed by atoms with van der Waals surface area (Å²) in [5.74, 6) is 0.667. The van der Waals surface area contributed by atoms with E-state index in [-0.39, 0.29) is 0 Å². The van der Waals surface area contributed by atoms with Gasteiger partial charge in [-0.15, -0.1) is 0 Å². The molecule has 2 heterocycles. The second-order valence-electron chi connectivity index (χ2n) is 3.63. The molecule has 1 atom stereocenters. The van der Waals surface area contributed by atoms with Gasteiger partial charge in [-0.3, -0.25) is 4.98 Å². The molecular weight excluding hydrogens is 270 g/mol. The van der Waals surface area contributed by atoms with Crippen molar-refractivity contribution in [3.8, 4) is 0 Å². The van der Waals surface area contributed by atoms with Gasteiger partial charge in [-0.25, -0.2) is 4.98 Å². The monoisotopic (exact) mass is 281 g/mol. The van der Waals surface area contributed by atoms with E-state index in [9.17, 15) is 5.11 Å². The smallest absolute Gasteiger partial charge is 0.137 e. The molecular formula is C11H12BrN3O. The standard InChI is InChI=1S/C11H12BrN3O/c1-15-3-2-14-11(15)10(16)5-8-4-9(12)7-13-6-8/h2-4,6-7,10,16H,5H2,1H3. The van der Waals surface area contributed by atoms with Gasteiger partial charge >= 0.3 is 0 Å². The van der Waals surface area contributed by atoms with Crippen molar-refractivity contribution in [2.24, 2.45) is 7.05 Å². The molecule has 2 aromatic rings. The SMILES string of the molecule is Cn1ccnc1C(O)Cc1cncc(Br)c1. The number of hydrogen-bond donors (Lipinski definition) is 1. The van der Waals surface area contributed by atoms with Crippen molar-refractivity contribution in [1.82, 2.24) is 14.5 Å². The summed E-state index contributed by atoms with van der Waals surface area (Å²) in [5.41, 5.74) is 0.977. The fourth-order valence-corrected chi connectivity index (χ4v) is 1.99. The molecule has 1 unspecified atom stereocenters. The zero-order valence-electron chi connectivity index (χ0n) is 8.84. The molecule has 0 aromatic carbocycles. The first-order chi connectivity index (χ1) is 7.66. The Morgan fingerprint density at radius 1 is 1.50 bits per heavy atom. The van der Waals surface area contributed by atoms with Crippen LogP contribution in [-0.2, 0) is 13.5 Å². The maximum absolute atomic E-state index is 10.0. The van der Waals surface area contributed by atoms with Crippen LogP contribution in [0.4, 0.5) is 0 Å². The number of imidazole rings is 1. The lowest BCUT2D eigenvalue weighted by Crippen LogP contribution is -2.08. The van der Waals surface area contributed by atoms with Crippen molar-refractivity contribution in [2.45, 2.75) is 12.5 Å². The van der Waals surface area contributed by atoms with Gasteiger partial charge in [0.1, 0.15) is 11.9 Å². The lowest BCUT2D eigenvalue weighted by Gasteiger charge is -2.10. The third kappa shape index (κ3) is 2.48. The van der Waals surface area contributed by atoms with E-state index in [2.05, 4.69) is 25.9 Å². The molecule has 5 heteroatoms. The largest absolute Gasteiger partial charge is 0.385 e. The van der Waals surface area contributed by atoms with Crippen LogP contribution in [0.25, 0.3) is 0 Å². The van der Waals surface area contributed by atoms with Crippen LogP contribution < -0.4 is 0 Å². The molecule has 0 amide bonds. The minimum Gasteiger partial charge on any atom is -0.385 e. The number of hydrogen-bond acceptors (Lipinski definition) is 3. The summed E-state index contributed by atoms with van der Waals surface area (Å²) in [6.45, 7) is 0. The quantitative estimate of drug-likeness (QED) is 0.934. The van der Waals surface area contributed by atoms with E-state index >= 15 is 0 Å². The van der Waals surface area contributed by atoms with Crippen LogP contribution in [0.5, 0.6) is 0 Å². The Morgan fingerprint density at radius 2 is 2.31 bits per heavy atom. The highest BCUT2D eigenvalue weighted by Crippen LogP contribution is 2.18. The molecule has 0 aliphatic carbocycles. The van der Waals surface area contributed by atoms with Crippen molar-refractivity contribution in [3.63, 3.8) is 0 Å². The predicted octanol–water partition coefficient (Wildman–Crippen LogP) is 1.85. The summed E-state index contributed by atoms with van der Waals surface area (Å²) >= 11 is 3.35. The topological polar surface area (TPSA) is 50.9 Å². The molecule has 0 aliphatic rings. The van der Waals surface area contributed by atoms with Crippen molar-refractivity contribution >= 4 is 15.9 Å². The minimum atomic E-state index is -0.601. The third-order valence-electron chi connectivity index (χ3n) is 2.35. The Balaban J connectivity index is 2.14. The first-order valence-electron chi connectivity index (χ1n) is 4.91. The fraction of sp³-hybridized carbons (Fsp3) is 0.273. The number of pyridine rings is 1. The molecule has 0 saturated heterocycles. The van der Waals surface area contributed by atoms with Crippen molar-refractivity contribution < 1.29 is 5.11 Å². The van der Waals surface area contributed by atoms with Crippen molar-refractivity contribution in [2.75, 3.05) is 0 Å². The molecule has 84 valence electrons. The highest BCUT2D eigenvalue weighted by Gasteiger charge is 2.13. The number of aliphatic hydroxyl groups is 1. The number of aryl methyl sites for hydroxylation is 1. The van der Waals surface area contributed by atoms with Gasteiger partial charge in [0.25, 0.3) is 0 Å². The molecule has 0 aliphatic heterocycles. The van der Waals surface area contributed by atoms with Crippen LogP contribution >= 0.6 is 15.9 Å². The number of aliphatic hydroxyl groups excluding tert-OH is 1. The van der Waals surface area contributed by atoms with Gasteiger partial charge in [-0.2, -0.15) is 0 Å². The van der Waals surface area contributed by atoms with Gasteiger partial charge in [0.2, 0.25) is 0 Å². The summed E-state index contributed by atoms with van der Waals surface area (Å²) in [6.07, 6.45) is 6.87. The molecule has 0 radical (unpaired) electrons. The van der Waals surface area contributed by atoms with Crippen LogP contribution in [0.2, 0.25) is 0 Å². The molecule has 0 bridgehead atoms. The first-order valence-corrected chi connectivity index (χ1v) is 5.71. The Kier molecular flexibility index (Phi) is 3.36. The summed E-state index contributed by atoms with van der Waals surface area (Å²) < 4.78 is 2.73. The molecule has 0 spiro atoms. The van der Waals surface area contributed by atoms with E-state index in [1.165, 1.54) is 0 Å². The average Bonchev–Trinajstić information content (AvgIpc) is 2.64. The van der Waals surface area contributed by atoms with Crippen molar-refractivity contribution in [1.29, 1.82) is 0 Å². The van der Waals surface area contributed by atoms with Crippen molar-refractivity contribution in [3.05, 3.63) is 46.7 Å². The predicted molar refractivity (Wildman–Crippen MR) is 63.8 cm³/mol. The van der Waals surface area contributed by atoms with E-state index in [4.69, 9.17) is 0 Å². The number of halogens is 1. The van der Waals surface area contributed by atoms with E-state index < -0.39 is 6.10 Å². The van der Waals surface area contributed by atoms with Crippen LogP contribution in [0.1, 0.15) is 17.5 Å². The van der Waals surface area contributed by atoms with Gasteiger partial charge in [0.05, 0.1) is 0 Å². The third-order valence-corrected chi connectivity index (χ3v) is 2.78. The van der Waals surface area contributed by atoms with Crippen LogP contribution in [0, 0.1) is 0 Å². The van der Waals surface area contributed by atoms with E-state index in [0.29, 0.717) is 12.2 Å². The number of nitrogens with zero attached hydrogens (tertiary/aromatic N) is 3. The second kappa shape index (κ2) is 4.76. The lowest BCUT2D eigenvalue weighted by molar-refractivity contribution is 0.165. The van der Waals surface area contributed by atoms with Crippen LogP contribution in [0.15, 0.2) is 35.3 Å². The zero-order valence-corrected chi connectivity index (χ0v) is 10.4. The summed E-state index contributed by atoms with van der Waals surface area (Å²) in [5, 5.41) is 10.0. The molecule has 16 heavy (non-hydrogen) atoms. The van der Waals surface area contributed by atoms with Crippen LogP contribution in [0.3, 0.4) is 0 Å². The van der Waals surface area contributed by atoms with E-state index in [1.54, 1.807) is 18.6 Å².